The number of nitrogens with zero attached hydrogens (tertiary/aromatic N) is 1. The van der Waals surface area contributed by atoms with Crippen LogP contribution in [0, 0.1) is 0 Å². The topological polar surface area (TPSA) is 48.1 Å². The van der Waals surface area contributed by atoms with E-state index in [2.05, 4.69) is 4.98 Å². The number of rotatable bonds is 3. The van der Waals surface area contributed by atoms with Crippen molar-refractivity contribution in [3.05, 3.63) is 53.2 Å². The second-order valence-electron chi connectivity index (χ2n) is 3.31. The molecule has 0 saturated carbocycles. The van der Waals surface area contributed by atoms with Gasteiger partial charge in [-0.2, -0.15) is 0 Å². The molecule has 2 aromatic rings. The van der Waals surface area contributed by atoms with E-state index < -0.39 is 0 Å². The van der Waals surface area contributed by atoms with E-state index in [-0.39, 0.29) is 0 Å². The highest BCUT2D eigenvalue weighted by molar-refractivity contribution is 6.30. The molecule has 0 saturated heterocycles. The van der Waals surface area contributed by atoms with Gasteiger partial charge in [0.15, 0.2) is 11.6 Å². The molecule has 2 rings (SSSR count). The molecule has 0 spiro atoms. The molecule has 4 heteroatoms. The lowest BCUT2D eigenvalue weighted by Crippen LogP contribution is -1.99. The van der Waals surface area contributed by atoms with Crippen LogP contribution < -0.4 is 10.5 Å². The average molecular weight is 235 g/mol. The summed E-state index contributed by atoms with van der Waals surface area (Å²) in [4.78, 5) is 3.94. The predicted molar refractivity (Wildman–Crippen MR) is 64.4 cm³/mol. The third kappa shape index (κ3) is 2.64. The van der Waals surface area contributed by atoms with Crippen molar-refractivity contribution < 1.29 is 4.74 Å². The quantitative estimate of drug-likeness (QED) is 0.888. The minimum absolute atomic E-state index is 0.393. The number of ether oxygens (including phenoxy) is 1. The second kappa shape index (κ2) is 4.86. The highest BCUT2D eigenvalue weighted by atomic mass is 35.5. The first-order chi connectivity index (χ1) is 7.75. The minimum Gasteiger partial charge on any atom is -0.485 e. The molecular formula is C12H11ClN2O. The summed E-state index contributed by atoms with van der Waals surface area (Å²) in [7, 11) is 0. The molecule has 1 aromatic heterocycles. The summed E-state index contributed by atoms with van der Waals surface area (Å²) in [6.45, 7) is 0.427. The molecule has 3 nitrogen and oxygen atoms in total. The number of pyridine rings is 1. The van der Waals surface area contributed by atoms with Gasteiger partial charge in [-0.3, -0.25) is 0 Å². The fourth-order valence-corrected chi connectivity index (χ4v) is 1.53. The van der Waals surface area contributed by atoms with Crippen LogP contribution in [0.15, 0.2) is 42.6 Å². The van der Waals surface area contributed by atoms with Crippen molar-refractivity contribution in [2.75, 3.05) is 5.73 Å². The van der Waals surface area contributed by atoms with Gasteiger partial charge in [0.1, 0.15) is 6.61 Å². The fourth-order valence-electron chi connectivity index (χ4n) is 1.31. The number of anilines is 1. The van der Waals surface area contributed by atoms with E-state index in [1.54, 1.807) is 18.3 Å². The highest BCUT2D eigenvalue weighted by Crippen LogP contribution is 2.19. The first kappa shape index (κ1) is 10.8. The Balaban J connectivity index is 2.05. The molecule has 82 valence electrons. The number of benzene rings is 1. The van der Waals surface area contributed by atoms with E-state index in [0.717, 1.165) is 5.56 Å². The van der Waals surface area contributed by atoms with Crippen molar-refractivity contribution in [2.24, 2.45) is 0 Å². The van der Waals surface area contributed by atoms with Crippen LogP contribution in [0.1, 0.15) is 5.56 Å². The molecule has 1 heterocycles. The Hall–Kier alpha value is -1.74. The summed E-state index contributed by atoms with van der Waals surface area (Å²) in [5.74, 6) is 0.979. The van der Waals surface area contributed by atoms with Crippen LogP contribution in [-0.2, 0) is 6.61 Å². The maximum absolute atomic E-state index is 5.87. The second-order valence-corrected chi connectivity index (χ2v) is 3.74. The lowest BCUT2D eigenvalue weighted by Gasteiger charge is -2.07. The molecule has 0 bridgehead atoms. The van der Waals surface area contributed by atoms with Crippen LogP contribution in [0.2, 0.25) is 5.02 Å². The number of nitrogen functional groups attached to an aromatic ring is 1. The van der Waals surface area contributed by atoms with Crippen molar-refractivity contribution >= 4 is 17.4 Å². The number of nitrogens with two attached hydrogens (primary N) is 1. The number of hydrogen-bond donors (Lipinski definition) is 1. The van der Waals surface area contributed by atoms with Crippen molar-refractivity contribution in [3.8, 4) is 5.75 Å². The van der Waals surface area contributed by atoms with E-state index in [1.807, 2.05) is 24.3 Å². The molecule has 2 N–H and O–H groups in total. The third-order valence-corrected chi connectivity index (χ3v) is 2.32. The molecule has 1 aromatic carbocycles. The Bertz CT molecular complexity index is 488. The third-order valence-electron chi connectivity index (χ3n) is 2.08. The molecule has 0 aliphatic rings. The summed E-state index contributed by atoms with van der Waals surface area (Å²) in [5.41, 5.74) is 6.65. The van der Waals surface area contributed by atoms with Crippen LogP contribution in [0.25, 0.3) is 0 Å². The van der Waals surface area contributed by atoms with Crippen LogP contribution in [-0.4, -0.2) is 4.98 Å². The number of aromatic nitrogens is 1. The minimum atomic E-state index is 0.393. The zero-order valence-corrected chi connectivity index (χ0v) is 9.32. The maximum atomic E-state index is 5.87. The normalized spacial score (nSPS) is 10.1. The Morgan fingerprint density at radius 3 is 2.88 bits per heavy atom. The van der Waals surface area contributed by atoms with Gasteiger partial charge in [0.2, 0.25) is 0 Å². The lowest BCUT2D eigenvalue weighted by molar-refractivity contribution is 0.307. The molecule has 0 unspecified atom stereocenters. The van der Waals surface area contributed by atoms with Crippen LogP contribution >= 0.6 is 11.6 Å². The smallest absolute Gasteiger partial charge is 0.166 e. The molecule has 0 fully saturated rings. The van der Waals surface area contributed by atoms with Crippen molar-refractivity contribution in [1.82, 2.24) is 4.98 Å². The van der Waals surface area contributed by atoms with Gasteiger partial charge >= 0.3 is 0 Å². The molecule has 0 aliphatic heterocycles. The standard InChI is InChI=1S/C12H11ClN2O/c13-10-4-1-3-9(7-10)8-16-11-5-2-6-15-12(11)14/h1-7H,8H2,(H2,14,15). The summed E-state index contributed by atoms with van der Waals surface area (Å²) >= 11 is 5.87. The van der Waals surface area contributed by atoms with Gasteiger partial charge in [-0.15, -0.1) is 0 Å². The monoisotopic (exact) mass is 234 g/mol. The molecular weight excluding hydrogens is 224 g/mol. The molecule has 0 aliphatic carbocycles. The number of hydrogen-bond acceptors (Lipinski definition) is 3. The molecule has 0 amide bonds. The molecule has 0 atom stereocenters. The Labute approximate surface area is 98.8 Å². The van der Waals surface area contributed by atoms with Gasteiger partial charge in [0, 0.05) is 11.2 Å². The predicted octanol–water partition coefficient (Wildman–Crippen LogP) is 2.90. The van der Waals surface area contributed by atoms with Crippen molar-refractivity contribution in [1.29, 1.82) is 0 Å². The number of halogens is 1. The van der Waals surface area contributed by atoms with E-state index in [1.165, 1.54) is 0 Å². The summed E-state index contributed by atoms with van der Waals surface area (Å²) in [6, 6.07) is 11.1. The molecule has 0 radical (unpaired) electrons. The van der Waals surface area contributed by atoms with E-state index in [9.17, 15) is 0 Å². The average Bonchev–Trinajstić information content (AvgIpc) is 2.28. The van der Waals surface area contributed by atoms with Gasteiger partial charge in [0.05, 0.1) is 0 Å². The Morgan fingerprint density at radius 2 is 2.12 bits per heavy atom. The highest BCUT2D eigenvalue weighted by Gasteiger charge is 2.00. The summed E-state index contributed by atoms with van der Waals surface area (Å²) in [5, 5.41) is 0.695. The zero-order chi connectivity index (χ0) is 11.4. The van der Waals surface area contributed by atoms with Crippen LogP contribution in [0.4, 0.5) is 5.82 Å². The maximum Gasteiger partial charge on any atom is 0.166 e. The SMILES string of the molecule is Nc1ncccc1OCc1cccc(Cl)c1. The first-order valence-electron chi connectivity index (χ1n) is 4.83. The summed E-state index contributed by atoms with van der Waals surface area (Å²) in [6.07, 6.45) is 1.63. The Morgan fingerprint density at radius 1 is 1.25 bits per heavy atom. The van der Waals surface area contributed by atoms with E-state index in [4.69, 9.17) is 22.1 Å². The Kier molecular flexibility index (Phi) is 3.27. The van der Waals surface area contributed by atoms with Gasteiger partial charge in [-0.25, -0.2) is 4.98 Å². The molecule has 16 heavy (non-hydrogen) atoms. The van der Waals surface area contributed by atoms with Crippen molar-refractivity contribution in [2.45, 2.75) is 6.61 Å². The van der Waals surface area contributed by atoms with E-state index >= 15 is 0 Å². The first-order valence-corrected chi connectivity index (χ1v) is 5.21. The summed E-state index contributed by atoms with van der Waals surface area (Å²) < 4.78 is 5.53. The van der Waals surface area contributed by atoms with Crippen LogP contribution in [0.3, 0.4) is 0 Å². The van der Waals surface area contributed by atoms with Crippen LogP contribution in [0.5, 0.6) is 5.75 Å². The van der Waals surface area contributed by atoms with E-state index in [0.29, 0.717) is 23.2 Å². The zero-order valence-electron chi connectivity index (χ0n) is 8.56. The van der Waals surface area contributed by atoms with Gasteiger partial charge < -0.3 is 10.5 Å². The van der Waals surface area contributed by atoms with Gasteiger partial charge in [-0.05, 0) is 29.8 Å². The van der Waals surface area contributed by atoms with Crippen molar-refractivity contribution in [3.63, 3.8) is 0 Å². The lowest BCUT2D eigenvalue weighted by atomic mass is 10.2. The van der Waals surface area contributed by atoms with Gasteiger partial charge in [-0.1, -0.05) is 23.7 Å². The fraction of sp³-hybridized carbons (Fsp3) is 0.0833. The largest absolute Gasteiger partial charge is 0.485 e. The van der Waals surface area contributed by atoms with Gasteiger partial charge in [0.25, 0.3) is 0 Å².